The number of hydrogen-bond acceptors (Lipinski definition) is 3. The van der Waals surface area contributed by atoms with E-state index in [1.807, 2.05) is 18.2 Å². The first-order valence-electron chi connectivity index (χ1n) is 8.22. The minimum absolute atomic E-state index is 0.150. The molecule has 6 heteroatoms. The van der Waals surface area contributed by atoms with Crippen LogP contribution in [0.5, 0.6) is 11.5 Å². The van der Waals surface area contributed by atoms with E-state index in [0.29, 0.717) is 43.4 Å². The number of carbonyl (C=O) groups excluding carboxylic acids is 1. The predicted octanol–water partition coefficient (Wildman–Crippen LogP) is 3.72. The molecule has 1 aliphatic heterocycles. The van der Waals surface area contributed by atoms with E-state index in [0.717, 1.165) is 17.7 Å². The third kappa shape index (κ3) is 3.90. The Morgan fingerprint density at radius 2 is 1.80 bits per heavy atom. The van der Waals surface area contributed by atoms with Crippen LogP contribution in [-0.2, 0) is 11.2 Å². The predicted molar refractivity (Wildman–Crippen MR) is 90.1 cm³/mol. The molecule has 0 aromatic heterocycles. The fourth-order valence-corrected chi connectivity index (χ4v) is 2.79. The monoisotopic (exact) mass is 347 g/mol. The number of carbonyl (C=O) groups is 1. The molecule has 0 saturated heterocycles. The zero-order valence-electron chi connectivity index (χ0n) is 13.9. The van der Waals surface area contributed by atoms with Crippen LogP contribution in [0.15, 0.2) is 36.4 Å². The first-order valence-corrected chi connectivity index (χ1v) is 8.22. The summed E-state index contributed by atoms with van der Waals surface area (Å²) in [6.07, 6.45) is 0.780. The van der Waals surface area contributed by atoms with E-state index in [1.54, 1.807) is 6.92 Å². The van der Waals surface area contributed by atoms with Crippen molar-refractivity contribution in [1.82, 2.24) is 0 Å². The summed E-state index contributed by atoms with van der Waals surface area (Å²) in [5.74, 6) is -0.648. The molecular weight excluding hydrogens is 328 g/mol. The molecule has 0 atom stereocenters. The molecule has 1 aliphatic rings. The zero-order chi connectivity index (χ0) is 17.8. The second-order valence-electron chi connectivity index (χ2n) is 5.71. The number of hydrogen-bond donors (Lipinski definition) is 0. The summed E-state index contributed by atoms with van der Waals surface area (Å²) >= 11 is 0. The van der Waals surface area contributed by atoms with Gasteiger partial charge in [-0.05, 0) is 43.2 Å². The van der Waals surface area contributed by atoms with Gasteiger partial charge in [-0.1, -0.05) is 6.07 Å². The van der Waals surface area contributed by atoms with E-state index >= 15 is 0 Å². The largest absolute Gasteiger partial charge is 0.486 e. The number of nitrogens with zero attached hydrogens (tertiary/aromatic N) is 1. The standard InChI is InChI=1S/C19H19F2NO3/c1-2-22(14-5-6-15(20)16(21)12-14)19(23)8-4-13-3-7-17-18(11-13)25-10-9-24-17/h3,5-7,11-12H,2,4,8-10H2,1H3. The maximum Gasteiger partial charge on any atom is 0.227 e. The lowest BCUT2D eigenvalue weighted by Crippen LogP contribution is -2.30. The Balaban J connectivity index is 1.67. The van der Waals surface area contributed by atoms with Crippen molar-refractivity contribution < 1.29 is 23.0 Å². The number of amides is 1. The summed E-state index contributed by atoms with van der Waals surface area (Å²) in [5.41, 5.74) is 1.31. The average molecular weight is 347 g/mol. The molecule has 3 rings (SSSR count). The van der Waals surface area contributed by atoms with Crippen molar-refractivity contribution in [2.24, 2.45) is 0 Å². The van der Waals surface area contributed by atoms with Crippen LogP contribution in [0.25, 0.3) is 0 Å². The van der Waals surface area contributed by atoms with Crippen molar-refractivity contribution in [1.29, 1.82) is 0 Å². The Labute approximate surface area is 145 Å². The van der Waals surface area contributed by atoms with Crippen molar-refractivity contribution >= 4 is 11.6 Å². The van der Waals surface area contributed by atoms with Crippen LogP contribution in [0.3, 0.4) is 0 Å². The van der Waals surface area contributed by atoms with Crippen molar-refractivity contribution in [2.45, 2.75) is 19.8 Å². The molecule has 2 aromatic rings. The molecule has 0 bridgehead atoms. The summed E-state index contributed by atoms with van der Waals surface area (Å²) in [5, 5.41) is 0. The van der Waals surface area contributed by atoms with E-state index in [1.165, 1.54) is 11.0 Å². The SMILES string of the molecule is CCN(C(=O)CCc1ccc2c(c1)OCCO2)c1ccc(F)c(F)c1. The van der Waals surface area contributed by atoms with Crippen molar-refractivity contribution in [3.05, 3.63) is 53.6 Å². The summed E-state index contributed by atoms with van der Waals surface area (Å²) in [7, 11) is 0. The quantitative estimate of drug-likeness (QED) is 0.827. The lowest BCUT2D eigenvalue weighted by atomic mass is 10.1. The van der Waals surface area contributed by atoms with E-state index < -0.39 is 11.6 Å². The Hall–Kier alpha value is -2.63. The van der Waals surface area contributed by atoms with Gasteiger partial charge in [-0.3, -0.25) is 4.79 Å². The zero-order valence-corrected chi connectivity index (χ0v) is 13.9. The minimum atomic E-state index is -0.962. The summed E-state index contributed by atoms with van der Waals surface area (Å²) < 4.78 is 37.5. The van der Waals surface area contributed by atoms with Crippen LogP contribution in [0.4, 0.5) is 14.5 Å². The van der Waals surface area contributed by atoms with Gasteiger partial charge in [-0.2, -0.15) is 0 Å². The van der Waals surface area contributed by atoms with E-state index in [-0.39, 0.29) is 12.3 Å². The van der Waals surface area contributed by atoms with Gasteiger partial charge in [0.05, 0.1) is 0 Å². The first kappa shape index (κ1) is 17.2. The van der Waals surface area contributed by atoms with Crippen molar-refractivity contribution in [3.63, 3.8) is 0 Å². The third-order valence-corrected chi connectivity index (χ3v) is 4.07. The number of ether oxygens (including phenoxy) is 2. The highest BCUT2D eigenvalue weighted by molar-refractivity contribution is 5.93. The lowest BCUT2D eigenvalue weighted by molar-refractivity contribution is -0.118. The normalized spacial score (nSPS) is 12.8. The number of aryl methyl sites for hydroxylation is 1. The summed E-state index contributed by atoms with van der Waals surface area (Å²) in [6, 6.07) is 9.08. The van der Waals surface area contributed by atoms with Gasteiger partial charge < -0.3 is 14.4 Å². The van der Waals surface area contributed by atoms with Crippen LogP contribution >= 0.6 is 0 Å². The van der Waals surface area contributed by atoms with Crippen LogP contribution in [0, 0.1) is 11.6 Å². The van der Waals surface area contributed by atoms with E-state index in [2.05, 4.69) is 0 Å². The maximum absolute atomic E-state index is 13.4. The lowest BCUT2D eigenvalue weighted by Gasteiger charge is -2.22. The minimum Gasteiger partial charge on any atom is -0.486 e. The fraction of sp³-hybridized carbons (Fsp3) is 0.316. The second-order valence-corrected chi connectivity index (χ2v) is 5.71. The molecule has 0 radical (unpaired) electrons. The summed E-state index contributed by atoms with van der Waals surface area (Å²) in [4.78, 5) is 13.9. The van der Waals surface area contributed by atoms with Crippen molar-refractivity contribution in [3.8, 4) is 11.5 Å². The summed E-state index contributed by atoms with van der Waals surface area (Å²) in [6.45, 7) is 3.22. The van der Waals surface area contributed by atoms with Gasteiger partial charge in [0.25, 0.3) is 0 Å². The molecule has 1 heterocycles. The molecule has 4 nitrogen and oxygen atoms in total. The molecule has 0 N–H and O–H groups in total. The van der Waals surface area contributed by atoms with E-state index in [4.69, 9.17) is 9.47 Å². The van der Waals surface area contributed by atoms with Crippen LogP contribution in [0.1, 0.15) is 18.9 Å². The fourth-order valence-electron chi connectivity index (χ4n) is 2.79. The maximum atomic E-state index is 13.4. The van der Waals surface area contributed by atoms with Crippen molar-refractivity contribution in [2.75, 3.05) is 24.7 Å². The number of benzene rings is 2. The van der Waals surface area contributed by atoms with Gasteiger partial charge in [0.15, 0.2) is 23.1 Å². The number of anilines is 1. The molecule has 0 unspecified atom stereocenters. The molecule has 132 valence electrons. The number of halogens is 2. The van der Waals surface area contributed by atoms with Gasteiger partial charge in [-0.25, -0.2) is 8.78 Å². The molecule has 0 saturated carbocycles. The van der Waals surface area contributed by atoms with Crippen LogP contribution < -0.4 is 14.4 Å². The topological polar surface area (TPSA) is 38.8 Å². The molecular formula is C19H19F2NO3. The smallest absolute Gasteiger partial charge is 0.227 e. The van der Waals surface area contributed by atoms with Gasteiger partial charge >= 0.3 is 0 Å². The number of fused-ring (bicyclic) bond motifs is 1. The van der Waals surface area contributed by atoms with Gasteiger partial charge in [0, 0.05) is 24.7 Å². The van der Waals surface area contributed by atoms with Gasteiger partial charge in [-0.15, -0.1) is 0 Å². The number of rotatable bonds is 5. The molecule has 0 fully saturated rings. The van der Waals surface area contributed by atoms with E-state index in [9.17, 15) is 13.6 Å². The molecule has 25 heavy (non-hydrogen) atoms. The average Bonchev–Trinajstić information content (AvgIpc) is 2.63. The molecule has 0 spiro atoms. The molecule has 2 aromatic carbocycles. The molecule has 0 aliphatic carbocycles. The third-order valence-electron chi connectivity index (χ3n) is 4.07. The van der Waals surface area contributed by atoms with Crippen LogP contribution in [-0.4, -0.2) is 25.7 Å². The van der Waals surface area contributed by atoms with Gasteiger partial charge in [0.2, 0.25) is 5.91 Å². The Kier molecular flexibility index (Phi) is 5.16. The molecule has 1 amide bonds. The Bertz CT molecular complexity index is 779. The Morgan fingerprint density at radius 1 is 1.04 bits per heavy atom. The van der Waals surface area contributed by atoms with Gasteiger partial charge in [0.1, 0.15) is 13.2 Å². The second kappa shape index (κ2) is 7.51. The Morgan fingerprint density at radius 3 is 2.52 bits per heavy atom. The highest BCUT2D eigenvalue weighted by Crippen LogP contribution is 2.31. The first-order chi connectivity index (χ1) is 12.1. The highest BCUT2D eigenvalue weighted by Gasteiger charge is 2.17. The highest BCUT2D eigenvalue weighted by atomic mass is 19.2. The van der Waals surface area contributed by atoms with Crippen LogP contribution in [0.2, 0.25) is 0 Å².